The molecule has 0 aromatic heterocycles. The van der Waals surface area contributed by atoms with E-state index < -0.39 is 11.9 Å². The predicted molar refractivity (Wildman–Crippen MR) is 211 cm³/mol. The minimum atomic E-state index is -0.444. The highest BCUT2D eigenvalue weighted by molar-refractivity contribution is 5.82. The number of carbonyl (C=O) groups is 2. The van der Waals surface area contributed by atoms with Gasteiger partial charge >= 0.3 is 11.9 Å². The van der Waals surface area contributed by atoms with Crippen molar-refractivity contribution in [2.24, 2.45) is 0 Å². The lowest BCUT2D eigenvalue weighted by atomic mass is 10.0. The molecular weight excluding hydrogens is 645 g/mol. The second-order valence-electron chi connectivity index (χ2n) is 12.4. The molecule has 258 valence electrons. The van der Waals surface area contributed by atoms with E-state index in [4.69, 9.17) is 9.47 Å². The van der Waals surface area contributed by atoms with Crippen molar-refractivity contribution in [2.45, 2.75) is 27.1 Å². The van der Waals surface area contributed by atoms with Crippen LogP contribution in [0.4, 0.5) is 34.1 Å². The van der Waals surface area contributed by atoms with Gasteiger partial charge in [-0.1, -0.05) is 97.1 Å². The topological polar surface area (TPSA) is 59.1 Å². The first-order valence-electron chi connectivity index (χ1n) is 17.0. The van der Waals surface area contributed by atoms with E-state index in [1.807, 2.05) is 48.5 Å². The molecule has 0 aliphatic carbocycles. The molecule has 0 fully saturated rings. The fourth-order valence-electron chi connectivity index (χ4n) is 5.80. The monoisotopic (exact) mass is 684 g/mol. The standard InChI is InChI=1S/C46H40N2O4/c1-5-45(49)51-31-35-11-23-41(24-12-35)47(39-19-7-33(3)8-20-39)43-27-15-37(16-28-43)38-17-29-44(30-18-38)48(40-21-9-34(4)10-22-40)42-25-13-36(14-26-42)32-52-46(50)6-2/h5-30H,1-2,31-32H2,3-4H3. The summed E-state index contributed by atoms with van der Waals surface area (Å²) in [5.74, 6) is -0.888. The second kappa shape index (κ2) is 16.4. The minimum Gasteiger partial charge on any atom is -0.458 e. The maximum absolute atomic E-state index is 11.6. The van der Waals surface area contributed by atoms with Crippen LogP contribution < -0.4 is 9.80 Å². The van der Waals surface area contributed by atoms with Crippen molar-refractivity contribution >= 4 is 46.1 Å². The molecule has 0 atom stereocenters. The molecule has 0 bridgehead atoms. The number of anilines is 6. The number of esters is 2. The van der Waals surface area contributed by atoms with Gasteiger partial charge in [-0.15, -0.1) is 0 Å². The molecule has 0 amide bonds. The van der Waals surface area contributed by atoms with E-state index in [-0.39, 0.29) is 13.2 Å². The summed E-state index contributed by atoms with van der Waals surface area (Å²) in [7, 11) is 0. The van der Waals surface area contributed by atoms with Crippen molar-refractivity contribution in [3.63, 3.8) is 0 Å². The molecule has 0 spiro atoms. The molecule has 6 heteroatoms. The van der Waals surface area contributed by atoms with E-state index in [0.717, 1.165) is 56.4 Å². The maximum Gasteiger partial charge on any atom is 0.330 e. The van der Waals surface area contributed by atoms with Gasteiger partial charge in [-0.2, -0.15) is 0 Å². The number of benzene rings is 6. The van der Waals surface area contributed by atoms with E-state index in [2.05, 4.69) is 134 Å². The summed E-state index contributed by atoms with van der Waals surface area (Å²) in [6.07, 6.45) is 2.34. The van der Waals surface area contributed by atoms with Gasteiger partial charge in [-0.05, 0) is 109 Å². The zero-order valence-electron chi connectivity index (χ0n) is 29.4. The van der Waals surface area contributed by atoms with Crippen LogP contribution in [0.1, 0.15) is 22.3 Å². The average molecular weight is 685 g/mol. The Bertz CT molecular complexity index is 1980. The Labute approximate surface area is 305 Å². The van der Waals surface area contributed by atoms with E-state index >= 15 is 0 Å². The van der Waals surface area contributed by atoms with Crippen LogP contribution in [0.2, 0.25) is 0 Å². The Morgan fingerprint density at radius 3 is 0.962 bits per heavy atom. The number of hydrogen-bond donors (Lipinski definition) is 0. The highest BCUT2D eigenvalue weighted by Crippen LogP contribution is 2.38. The van der Waals surface area contributed by atoms with E-state index in [1.165, 1.54) is 23.3 Å². The lowest BCUT2D eigenvalue weighted by Crippen LogP contribution is -2.10. The van der Waals surface area contributed by atoms with Crippen LogP contribution in [0.15, 0.2) is 171 Å². The highest BCUT2D eigenvalue weighted by Gasteiger charge is 2.15. The summed E-state index contributed by atoms with van der Waals surface area (Å²) in [5.41, 5.74) is 12.4. The number of hydrogen-bond acceptors (Lipinski definition) is 6. The lowest BCUT2D eigenvalue weighted by molar-refractivity contribution is -0.139. The third kappa shape index (κ3) is 8.55. The van der Waals surface area contributed by atoms with Crippen LogP contribution in [0.25, 0.3) is 11.1 Å². The van der Waals surface area contributed by atoms with Crippen molar-refractivity contribution in [3.8, 4) is 11.1 Å². The van der Waals surface area contributed by atoms with Crippen molar-refractivity contribution in [3.05, 3.63) is 193 Å². The SMILES string of the molecule is C=CC(=O)OCc1ccc(N(c2ccc(C)cc2)c2ccc(-c3ccc(N(c4ccc(C)cc4)c4ccc(COC(=O)C=C)cc4)cc3)cc2)cc1. The van der Waals surface area contributed by atoms with Gasteiger partial charge in [0.2, 0.25) is 0 Å². The van der Waals surface area contributed by atoms with Gasteiger partial charge in [0.25, 0.3) is 0 Å². The molecule has 0 saturated carbocycles. The third-order valence-electron chi connectivity index (χ3n) is 8.65. The molecule has 0 aliphatic heterocycles. The maximum atomic E-state index is 11.6. The van der Waals surface area contributed by atoms with Gasteiger partial charge in [0.05, 0.1) is 0 Å². The molecule has 6 aromatic carbocycles. The molecule has 6 rings (SSSR count). The van der Waals surface area contributed by atoms with Crippen LogP contribution in [0.3, 0.4) is 0 Å². The van der Waals surface area contributed by atoms with Gasteiger partial charge in [0.15, 0.2) is 0 Å². The van der Waals surface area contributed by atoms with Crippen LogP contribution in [-0.2, 0) is 32.3 Å². The molecule has 0 heterocycles. The third-order valence-corrected chi connectivity index (χ3v) is 8.65. The summed E-state index contributed by atoms with van der Waals surface area (Å²) in [6, 6.07) is 50.0. The van der Waals surface area contributed by atoms with Crippen molar-refractivity contribution in [1.82, 2.24) is 0 Å². The largest absolute Gasteiger partial charge is 0.458 e. The predicted octanol–water partition coefficient (Wildman–Crippen LogP) is 11.4. The second-order valence-corrected chi connectivity index (χ2v) is 12.4. The van der Waals surface area contributed by atoms with Crippen LogP contribution in [0, 0.1) is 13.8 Å². The highest BCUT2D eigenvalue weighted by atomic mass is 16.5. The Morgan fingerprint density at radius 1 is 0.442 bits per heavy atom. The number of nitrogens with zero attached hydrogens (tertiary/aromatic N) is 2. The van der Waals surface area contributed by atoms with Crippen LogP contribution >= 0.6 is 0 Å². The van der Waals surface area contributed by atoms with Crippen molar-refractivity contribution < 1.29 is 19.1 Å². The van der Waals surface area contributed by atoms with E-state index in [9.17, 15) is 9.59 Å². The molecule has 0 N–H and O–H groups in total. The fourth-order valence-corrected chi connectivity index (χ4v) is 5.80. The Balaban J connectivity index is 1.26. The average Bonchev–Trinajstić information content (AvgIpc) is 3.19. The van der Waals surface area contributed by atoms with Gasteiger partial charge in [0.1, 0.15) is 13.2 Å². The van der Waals surface area contributed by atoms with Gasteiger partial charge in [0, 0.05) is 46.3 Å². The number of aryl methyl sites for hydroxylation is 2. The fraction of sp³-hybridized carbons (Fsp3) is 0.0870. The number of ether oxygens (including phenoxy) is 2. The summed E-state index contributed by atoms with van der Waals surface area (Å²) in [6.45, 7) is 11.5. The summed E-state index contributed by atoms with van der Waals surface area (Å²) in [5, 5.41) is 0. The van der Waals surface area contributed by atoms with Crippen LogP contribution in [0.5, 0.6) is 0 Å². The Morgan fingerprint density at radius 2 is 0.692 bits per heavy atom. The Kier molecular flexibility index (Phi) is 11.1. The van der Waals surface area contributed by atoms with Crippen molar-refractivity contribution in [2.75, 3.05) is 9.80 Å². The molecule has 0 aliphatic rings. The lowest BCUT2D eigenvalue weighted by Gasteiger charge is -2.26. The number of rotatable bonds is 13. The summed E-state index contributed by atoms with van der Waals surface area (Å²) < 4.78 is 10.4. The molecule has 52 heavy (non-hydrogen) atoms. The van der Waals surface area contributed by atoms with Gasteiger partial charge in [-0.25, -0.2) is 9.59 Å². The number of carbonyl (C=O) groups excluding carboxylic acids is 2. The molecule has 0 saturated heterocycles. The molecule has 6 aromatic rings. The quantitative estimate of drug-likeness (QED) is 0.0891. The first-order valence-corrected chi connectivity index (χ1v) is 17.0. The molecule has 0 radical (unpaired) electrons. The first-order chi connectivity index (χ1) is 25.3. The summed E-state index contributed by atoms with van der Waals surface area (Å²) >= 11 is 0. The zero-order chi connectivity index (χ0) is 36.5. The molecule has 6 nitrogen and oxygen atoms in total. The van der Waals surface area contributed by atoms with Gasteiger partial charge in [-0.3, -0.25) is 0 Å². The van der Waals surface area contributed by atoms with Gasteiger partial charge < -0.3 is 19.3 Å². The molecule has 0 unspecified atom stereocenters. The van der Waals surface area contributed by atoms with Crippen molar-refractivity contribution in [1.29, 1.82) is 0 Å². The van der Waals surface area contributed by atoms with E-state index in [1.54, 1.807) is 0 Å². The molecular formula is C46H40N2O4. The smallest absolute Gasteiger partial charge is 0.330 e. The van der Waals surface area contributed by atoms with Crippen LogP contribution in [-0.4, -0.2) is 11.9 Å². The zero-order valence-corrected chi connectivity index (χ0v) is 29.4. The summed E-state index contributed by atoms with van der Waals surface area (Å²) in [4.78, 5) is 27.5. The Hall–Kier alpha value is -6.66. The first kappa shape index (κ1) is 35.2. The normalized spacial score (nSPS) is 10.6. The minimum absolute atomic E-state index is 0.188. The van der Waals surface area contributed by atoms with E-state index in [0.29, 0.717) is 0 Å².